The quantitative estimate of drug-likeness (QED) is 0.237. The minimum absolute atomic E-state index is 0. The molecule has 0 saturated carbocycles. The van der Waals surface area contributed by atoms with Crippen molar-refractivity contribution in [2.45, 2.75) is 26.8 Å². The molecule has 0 spiro atoms. The molecule has 2 aromatic rings. The number of nitrogens with one attached hydrogen (secondary N) is 3. The second kappa shape index (κ2) is 12.3. The van der Waals surface area contributed by atoms with E-state index in [0.29, 0.717) is 36.7 Å². The van der Waals surface area contributed by atoms with E-state index in [1.807, 2.05) is 19.9 Å². The highest BCUT2D eigenvalue weighted by Gasteiger charge is 2.10. The zero-order valence-corrected chi connectivity index (χ0v) is 18.7. The second-order valence-electron chi connectivity index (χ2n) is 6.13. The van der Waals surface area contributed by atoms with Crippen LogP contribution < -0.4 is 16.0 Å². The fourth-order valence-corrected chi connectivity index (χ4v) is 2.42. The van der Waals surface area contributed by atoms with E-state index < -0.39 is 0 Å². The number of aromatic nitrogens is 1. The monoisotopic (exact) mass is 499 g/mol. The van der Waals surface area contributed by atoms with Crippen LogP contribution in [0.2, 0.25) is 0 Å². The maximum absolute atomic E-state index is 13.8. The number of amides is 1. The van der Waals surface area contributed by atoms with Gasteiger partial charge in [0.05, 0.1) is 18.2 Å². The lowest BCUT2D eigenvalue weighted by Crippen LogP contribution is -2.39. The van der Waals surface area contributed by atoms with Crippen LogP contribution in [0.3, 0.4) is 0 Å². The smallest absolute Gasteiger partial charge is 0.252 e. The Hall–Kier alpha value is -2.23. The number of carbonyl (C=O) groups is 1. The van der Waals surface area contributed by atoms with Crippen molar-refractivity contribution in [3.8, 4) is 0 Å². The maximum Gasteiger partial charge on any atom is 0.252 e. The molecule has 1 atom stereocenters. The molecule has 6 nitrogen and oxygen atoms in total. The van der Waals surface area contributed by atoms with Gasteiger partial charge in [-0.1, -0.05) is 12.1 Å². The van der Waals surface area contributed by atoms with Crippen LogP contribution >= 0.6 is 24.0 Å². The van der Waals surface area contributed by atoms with Gasteiger partial charge in [-0.25, -0.2) is 4.39 Å². The Bertz CT molecular complexity index is 785. The fraction of sp³-hybridized carbons (Fsp3) is 0.350. The van der Waals surface area contributed by atoms with Gasteiger partial charge in [-0.3, -0.25) is 14.8 Å². The number of nitrogens with zero attached hydrogens (tertiary/aromatic N) is 2. The lowest BCUT2D eigenvalue weighted by atomic mass is 10.1. The average Bonchev–Trinajstić information content (AvgIpc) is 2.67. The van der Waals surface area contributed by atoms with Crippen molar-refractivity contribution in [3.05, 3.63) is 65.2 Å². The van der Waals surface area contributed by atoms with Crippen molar-refractivity contribution in [2.24, 2.45) is 4.99 Å². The largest absolute Gasteiger partial charge is 0.357 e. The highest BCUT2D eigenvalue weighted by atomic mass is 127. The van der Waals surface area contributed by atoms with Crippen LogP contribution in [0.15, 0.2) is 47.7 Å². The zero-order chi connectivity index (χ0) is 19.6. The molecule has 3 N–H and O–H groups in total. The Morgan fingerprint density at radius 1 is 1.29 bits per heavy atom. The van der Waals surface area contributed by atoms with E-state index in [1.165, 1.54) is 12.3 Å². The highest BCUT2D eigenvalue weighted by Crippen LogP contribution is 2.16. The van der Waals surface area contributed by atoms with Crippen LogP contribution in [0.25, 0.3) is 0 Å². The van der Waals surface area contributed by atoms with Gasteiger partial charge in [0.25, 0.3) is 5.91 Å². The molecule has 1 unspecified atom stereocenters. The lowest BCUT2D eigenvalue weighted by Gasteiger charge is -2.18. The summed E-state index contributed by atoms with van der Waals surface area (Å²) < 4.78 is 13.8. The summed E-state index contributed by atoms with van der Waals surface area (Å²) in [7, 11) is 0. The predicted octanol–water partition coefficient (Wildman–Crippen LogP) is 3.19. The van der Waals surface area contributed by atoms with Gasteiger partial charge in [-0.15, -0.1) is 24.0 Å². The van der Waals surface area contributed by atoms with Crippen molar-refractivity contribution in [1.29, 1.82) is 0 Å². The molecule has 152 valence electrons. The van der Waals surface area contributed by atoms with Crippen molar-refractivity contribution < 1.29 is 9.18 Å². The van der Waals surface area contributed by atoms with E-state index in [2.05, 4.69) is 25.9 Å². The molecule has 1 amide bonds. The Labute approximate surface area is 182 Å². The fourth-order valence-electron chi connectivity index (χ4n) is 2.42. The predicted molar refractivity (Wildman–Crippen MR) is 121 cm³/mol. The standard InChI is InChI=1S/C20H26FN5O.HI/c1-4-23-20(26-15(3)16-8-7-14(2)18(21)12-16)25-11-10-24-19(27)17-6-5-9-22-13-17;/h5-9,12-13,15H,4,10-11H2,1-3H3,(H,24,27)(H2,23,25,26);1H. The van der Waals surface area contributed by atoms with E-state index >= 15 is 0 Å². The number of benzene rings is 1. The number of hydrogen-bond acceptors (Lipinski definition) is 3. The second-order valence-corrected chi connectivity index (χ2v) is 6.13. The van der Waals surface area contributed by atoms with Gasteiger partial charge in [-0.2, -0.15) is 0 Å². The molecule has 0 aliphatic heterocycles. The van der Waals surface area contributed by atoms with Crippen molar-refractivity contribution in [1.82, 2.24) is 20.9 Å². The van der Waals surface area contributed by atoms with Gasteiger partial charge in [-0.05, 0) is 50.1 Å². The Morgan fingerprint density at radius 3 is 2.71 bits per heavy atom. The molecule has 2 rings (SSSR count). The van der Waals surface area contributed by atoms with E-state index in [-0.39, 0.29) is 41.7 Å². The van der Waals surface area contributed by atoms with Crippen LogP contribution in [0.1, 0.15) is 41.4 Å². The molecule has 8 heteroatoms. The van der Waals surface area contributed by atoms with Crippen LogP contribution in [0, 0.1) is 12.7 Å². The third-order valence-electron chi connectivity index (χ3n) is 3.98. The Balaban J connectivity index is 0.00000392. The summed E-state index contributed by atoms with van der Waals surface area (Å²) >= 11 is 0. The van der Waals surface area contributed by atoms with Gasteiger partial charge < -0.3 is 16.0 Å². The van der Waals surface area contributed by atoms with Gasteiger partial charge in [0.1, 0.15) is 5.82 Å². The van der Waals surface area contributed by atoms with Gasteiger partial charge >= 0.3 is 0 Å². The third kappa shape index (κ3) is 7.41. The van der Waals surface area contributed by atoms with E-state index in [9.17, 15) is 9.18 Å². The summed E-state index contributed by atoms with van der Waals surface area (Å²) in [5.41, 5.74) is 1.98. The third-order valence-corrected chi connectivity index (χ3v) is 3.98. The SMILES string of the molecule is CCNC(=NCCNC(=O)c1cccnc1)NC(C)c1ccc(C)c(F)c1.I. The van der Waals surface area contributed by atoms with Gasteiger partial charge in [0.15, 0.2) is 5.96 Å². The molecule has 0 aliphatic carbocycles. The van der Waals surface area contributed by atoms with Crippen LogP contribution in [-0.2, 0) is 0 Å². The van der Waals surface area contributed by atoms with Gasteiger partial charge in [0.2, 0.25) is 0 Å². The molecule has 0 aliphatic rings. The minimum atomic E-state index is -0.221. The van der Waals surface area contributed by atoms with Crippen molar-refractivity contribution in [3.63, 3.8) is 0 Å². The van der Waals surface area contributed by atoms with Gasteiger partial charge in [0, 0.05) is 25.5 Å². The summed E-state index contributed by atoms with van der Waals surface area (Å²) in [5, 5.41) is 9.21. The average molecular weight is 499 g/mol. The van der Waals surface area contributed by atoms with Crippen molar-refractivity contribution in [2.75, 3.05) is 19.6 Å². The number of pyridine rings is 1. The summed E-state index contributed by atoms with van der Waals surface area (Å²) in [6.45, 7) is 7.16. The van der Waals surface area contributed by atoms with Crippen molar-refractivity contribution >= 4 is 35.8 Å². The molecule has 1 aromatic carbocycles. The Morgan fingerprint density at radius 2 is 2.07 bits per heavy atom. The molecule has 0 radical (unpaired) electrons. The normalized spacial score (nSPS) is 11.9. The topological polar surface area (TPSA) is 78.4 Å². The molecule has 1 heterocycles. The molecular weight excluding hydrogens is 472 g/mol. The van der Waals surface area contributed by atoms with Crippen LogP contribution in [0.4, 0.5) is 4.39 Å². The first-order valence-electron chi connectivity index (χ1n) is 9.00. The first kappa shape index (κ1) is 23.8. The number of guanidine groups is 1. The van der Waals surface area contributed by atoms with E-state index in [1.54, 1.807) is 31.3 Å². The maximum atomic E-state index is 13.8. The lowest BCUT2D eigenvalue weighted by molar-refractivity contribution is 0.0954. The number of hydrogen-bond donors (Lipinski definition) is 3. The Kier molecular flexibility index (Phi) is 10.4. The first-order chi connectivity index (χ1) is 13.0. The van der Waals surface area contributed by atoms with Crippen LogP contribution in [0.5, 0.6) is 0 Å². The molecule has 0 fully saturated rings. The highest BCUT2D eigenvalue weighted by molar-refractivity contribution is 14.0. The first-order valence-corrected chi connectivity index (χ1v) is 9.00. The summed E-state index contributed by atoms with van der Waals surface area (Å²) in [6, 6.07) is 8.51. The summed E-state index contributed by atoms with van der Waals surface area (Å²) in [6.07, 6.45) is 3.14. The summed E-state index contributed by atoms with van der Waals surface area (Å²) in [4.78, 5) is 20.4. The number of aliphatic imine (C=N–C) groups is 1. The number of rotatable bonds is 7. The molecule has 28 heavy (non-hydrogen) atoms. The van der Waals surface area contributed by atoms with E-state index in [4.69, 9.17) is 0 Å². The molecule has 0 bridgehead atoms. The zero-order valence-electron chi connectivity index (χ0n) is 16.3. The minimum Gasteiger partial charge on any atom is -0.357 e. The molecule has 0 saturated heterocycles. The molecular formula is C20H27FIN5O. The summed E-state index contributed by atoms with van der Waals surface area (Å²) in [5.74, 6) is 0.211. The number of aryl methyl sites for hydroxylation is 1. The molecule has 1 aromatic heterocycles. The van der Waals surface area contributed by atoms with Crippen LogP contribution in [-0.4, -0.2) is 36.5 Å². The number of halogens is 2. The van der Waals surface area contributed by atoms with E-state index in [0.717, 1.165) is 5.56 Å². The number of carbonyl (C=O) groups excluding carboxylic acids is 1.